The monoisotopic (exact) mass is 249 g/mol. The van der Waals surface area contributed by atoms with Gasteiger partial charge in [0, 0.05) is 19.8 Å². The quantitative estimate of drug-likeness (QED) is 0.528. The molecule has 1 radical (unpaired) electrons. The fraction of sp³-hybridized carbons (Fsp3) is 0.909. The highest BCUT2D eigenvalue weighted by molar-refractivity contribution is 6.53. The molecule has 0 aromatic heterocycles. The molecule has 0 amide bonds. The van der Waals surface area contributed by atoms with Gasteiger partial charge in [0.15, 0.2) is 0 Å². The van der Waals surface area contributed by atoms with Gasteiger partial charge in [-0.2, -0.15) is 0 Å². The lowest BCUT2D eigenvalue weighted by Gasteiger charge is -2.27. The van der Waals surface area contributed by atoms with Gasteiger partial charge in [0.2, 0.25) is 0 Å². The molecule has 0 fully saturated rings. The fourth-order valence-electron chi connectivity index (χ4n) is 1.05. The van der Waals surface area contributed by atoms with E-state index in [4.69, 9.17) is 17.7 Å². The molecule has 0 aliphatic carbocycles. The Hall–Kier alpha value is 0.0569. The van der Waals surface area contributed by atoms with E-state index < -0.39 is 9.05 Å². The lowest BCUT2D eigenvalue weighted by Crippen LogP contribution is -2.49. The van der Waals surface area contributed by atoms with Crippen LogP contribution in [0.5, 0.6) is 0 Å². The third-order valence-electron chi connectivity index (χ3n) is 1.71. The van der Waals surface area contributed by atoms with Gasteiger partial charge in [-0.1, -0.05) is 20.8 Å². The molecule has 0 saturated carbocycles. The van der Waals surface area contributed by atoms with E-state index in [0.29, 0.717) is 19.8 Å². The first-order valence-corrected chi connectivity index (χ1v) is 7.75. The Morgan fingerprint density at radius 3 is 1.44 bits per heavy atom. The minimum atomic E-state index is -2.91. The van der Waals surface area contributed by atoms with Crippen molar-refractivity contribution in [3.8, 4) is 0 Å². The van der Waals surface area contributed by atoms with Crippen LogP contribution in [-0.4, -0.2) is 28.9 Å². The lowest BCUT2D eigenvalue weighted by molar-refractivity contribution is -0.0202. The largest absolute Gasteiger partial charge is 0.680 e. The molecule has 0 bridgehead atoms. The minimum Gasteiger partial charge on any atom is -0.351 e. The minimum absolute atomic E-state index is 0.605. The average molecular weight is 249 g/mol. The Morgan fingerprint density at radius 2 is 1.19 bits per heavy atom. The summed E-state index contributed by atoms with van der Waals surface area (Å²) < 4.78 is 22.5. The van der Waals surface area contributed by atoms with E-state index in [-0.39, 0.29) is 0 Å². The van der Waals surface area contributed by atoms with Gasteiger partial charge in [0.05, 0.1) is 6.61 Å². The van der Waals surface area contributed by atoms with E-state index in [2.05, 4.69) is 20.8 Å². The molecule has 0 heterocycles. The summed E-state index contributed by atoms with van der Waals surface area (Å²) in [6.07, 6.45) is 2.77. The van der Waals surface area contributed by atoms with Gasteiger partial charge in [0.25, 0.3) is 0 Å². The summed E-state index contributed by atoms with van der Waals surface area (Å²) in [6, 6.07) is 0. The molecule has 0 aromatic carbocycles. The Morgan fingerprint density at radius 1 is 0.812 bits per heavy atom. The van der Waals surface area contributed by atoms with Gasteiger partial charge >= 0.3 is 9.05 Å². The van der Waals surface area contributed by atoms with Gasteiger partial charge in [-0.25, -0.2) is 0 Å². The number of hydrogen-bond donors (Lipinski definition) is 0. The molecule has 0 atom stereocenters. The second kappa shape index (κ2) is 10.2. The molecule has 0 aromatic rings. The van der Waals surface area contributed by atoms with E-state index in [9.17, 15) is 0 Å². The molecule has 5 heteroatoms. The Labute approximate surface area is 101 Å². The first kappa shape index (κ1) is 16.1. The van der Waals surface area contributed by atoms with Crippen molar-refractivity contribution in [3.63, 3.8) is 0 Å². The SMILES string of the molecule is C[CH]O[Si](OCCC)(OCCC)OCCC. The molecule has 0 rings (SSSR count). The molecule has 0 unspecified atom stereocenters. The van der Waals surface area contributed by atoms with Crippen LogP contribution in [0.2, 0.25) is 0 Å². The Balaban J connectivity index is 4.32. The smallest absolute Gasteiger partial charge is 0.351 e. The van der Waals surface area contributed by atoms with E-state index >= 15 is 0 Å². The second-order valence-electron chi connectivity index (χ2n) is 3.40. The van der Waals surface area contributed by atoms with Gasteiger partial charge in [0.1, 0.15) is 0 Å². The highest BCUT2D eigenvalue weighted by Crippen LogP contribution is 2.14. The molecular formula is C11H25O4Si. The summed E-state index contributed by atoms with van der Waals surface area (Å²) in [5.74, 6) is 0. The zero-order chi connectivity index (χ0) is 12.3. The summed E-state index contributed by atoms with van der Waals surface area (Å²) >= 11 is 0. The molecule has 0 aliphatic rings. The van der Waals surface area contributed by atoms with Gasteiger partial charge in [-0.05, 0) is 26.2 Å². The van der Waals surface area contributed by atoms with Crippen LogP contribution in [0.4, 0.5) is 0 Å². The fourth-order valence-corrected chi connectivity index (χ4v) is 3.16. The Kier molecular flexibility index (Phi) is 10.3. The zero-order valence-corrected chi connectivity index (χ0v) is 12.0. The van der Waals surface area contributed by atoms with Crippen molar-refractivity contribution in [3.05, 3.63) is 6.61 Å². The van der Waals surface area contributed by atoms with Crippen LogP contribution >= 0.6 is 0 Å². The molecule has 97 valence electrons. The summed E-state index contributed by atoms with van der Waals surface area (Å²) in [6.45, 7) is 11.4. The summed E-state index contributed by atoms with van der Waals surface area (Å²) in [7, 11) is -2.91. The predicted octanol–water partition coefficient (Wildman–Crippen LogP) is 2.90. The van der Waals surface area contributed by atoms with Crippen molar-refractivity contribution in [2.45, 2.75) is 47.0 Å². The van der Waals surface area contributed by atoms with Crippen LogP contribution < -0.4 is 0 Å². The normalized spacial score (nSPS) is 12.0. The van der Waals surface area contributed by atoms with Gasteiger partial charge < -0.3 is 17.7 Å². The summed E-state index contributed by atoms with van der Waals surface area (Å²) in [4.78, 5) is 0. The van der Waals surface area contributed by atoms with Crippen LogP contribution in [-0.2, 0) is 17.7 Å². The lowest BCUT2D eigenvalue weighted by atomic mass is 10.5. The van der Waals surface area contributed by atoms with Gasteiger partial charge in [-0.3, -0.25) is 0 Å². The van der Waals surface area contributed by atoms with E-state index in [1.165, 1.54) is 0 Å². The Bertz CT molecular complexity index is 133. The predicted molar refractivity (Wildman–Crippen MR) is 65.5 cm³/mol. The third-order valence-corrected chi connectivity index (χ3v) is 3.91. The summed E-state index contributed by atoms with van der Waals surface area (Å²) in [5.41, 5.74) is 0. The standard InChI is InChI=1S/C11H25O4Si/c1-5-9-13-16(12-8-4,14-10-6-2)15-11-7-3/h8H,5-7,9-11H2,1-4H3. The first-order chi connectivity index (χ1) is 7.74. The molecule has 4 nitrogen and oxygen atoms in total. The first-order valence-electron chi connectivity index (χ1n) is 6.12. The van der Waals surface area contributed by atoms with Crippen molar-refractivity contribution in [1.29, 1.82) is 0 Å². The van der Waals surface area contributed by atoms with E-state index in [1.54, 1.807) is 6.61 Å². The highest BCUT2D eigenvalue weighted by Gasteiger charge is 2.45. The van der Waals surface area contributed by atoms with Crippen LogP contribution in [0.15, 0.2) is 0 Å². The molecule has 0 N–H and O–H groups in total. The van der Waals surface area contributed by atoms with Crippen molar-refractivity contribution >= 4 is 9.05 Å². The van der Waals surface area contributed by atoms with Crippen LogP contribution in [0.25, 0.3) is 0 Å². The van der Waals surface area contributed by atoms with E-state index in [0.717, 1.165) is 19.3 Å². The zero-order valence-electron chi connectivity index (χ0n) is 11.0. The highest BCUT2D eigenvalue weighted by atomic mass is 28.4. The van der Waals surface area contributed by atoms with Crippen LogP contribution in [0.3, 0.4) is 0 Å². The molecular weight excluding hydrogens is 224 g/mol. The third kappa shape index (κ3) is 6.60. The van der Waals surface area contributed by atoms with Crippen molar-refractivity contribution in [2.75, 3.05) is 19.8 Å². The maximum Gasteiger partial charge on any atom is 0.680 e. The number of hydrogen-bond acceptors (Lipinski definition) is 4. The maximum atomic E-state index is 5.66. The maximum absolute atomic E-state index is 5.66. The van der Waals surface area contributed by atoms with Crippen molar-refractivity contribution in [1.82, 2.24) is 0 Å². The molecule has 0 spiro atoms. The number of rotatable bonds is 11. The molecule has 0 saturated heterocycles. The molecule has 0 aliphatic heterocycles. The van der Waals surface area contributed by atoms with Crippen molar-refractivity contribution < 1.29 is 17.7 Å². The van der Waals surface area contributed by atoms with E-state index in [1.807, 2.05) is 6.92 Å². The topological polar surface area (TPSA) is 36.9 Å². The van der Waals surface area contributed by atoms with Crippen LogP contribution in [0, 0.1) is 6.61 Å². The van der Waals surface area contributed by atoms with Crippen molar-refractivity contribution in [2.24, 2.45) is 0 Å². The second-order valence-corrected chi connectivity index (χ2v) is 5.50. The molecule has 16 heavy (non-hydrogen) atoms. The average Bonchev–Trinajstić information content (AvgIpc) is 2.31. The van der Waals surface area contributed by atoms with Gasteiger partial charge in [-0.15, -0.1) is 0 Å². The van der Waals surface area contributed by atoms with Crippen LogP contribution in [0.1, 0.15) is 47.0 Å². The summed E-state index contributed by atoms with van der Waals surface area (Å²) in [5, 5.41) is 0.